The standard InChI is InChI=1S/C11H11F4NO4S/c1-6-2-3-7(9(17)18)4-8(6)21(19,20)16-5-11(14,15)10(12)13/h2-4,10,16H,5H2,1H3,(H,17,18). The van der Waals surface area contributed by atoms with E-state index in [1.807, 2.05) is 0 Å². The Labute approximate surface area is 117 Å². The van der Waals surface area contributed by atoms with E-state index in [-0.39, 0.29) is 11.1 Å². The first-order valence-corrected chi connectivity index (χ1v) is 6.95. The Morgan fingerprint density at radius 1 is 1.38 bits per heavy atom. The molecule has 1 aromatic carbocycles. The first-order valence-electron chi connectivity index (χ1n) is 5.47. The molecule has 21 heavy (non-hydrogen) atoms. The van der Waals surface area contributed by atoms with E-state index in [0.29, 0.717) is 0 Å². The molecule has 2 N–H and O–H groups in total. The predicted molar refractivity (Wildman–Crippen MR) is 64.3 cm³/mol. The van der Waals surface area contributed by atoms with Crippen LogP contribution in [0.5, 0.6) is 0 Å². The van der Waals surface area contributed by atoms with Crippen LogP contribution in [0.3, 0.4) is 0 Å². The first kappa shape index (κ1) is 17.4. The maximum absolute atomic E-state index is 12.7. The van der Waals surface area contributed by atoms with Crippen LogP contribution >= 0.6 is 0 Å². The molecule has 5 nitrogen and oxygen atoms in total. The van der Waals surface area contributed by atoms with E-state index in [0.717, 1.165) is 12.1 Å². The van der Waals surface area contributed by atoms with Gasteiger partial charge in [-0.1, -0.05) is 6.07 Å². The molecule has 0 bridgehead atoms. The predicted octanol–water partition coefficient (Wildman–Crippen LogP) is 1.87. The van der Waals surface area contributed by atoms with Gasteiger partial charge in [-0.3, -0.25) is 0 Å². The molecule has 118 valence electrons. The van der Waals surface area contributed by atoms with Crippen molar-refractivity contribution in [2.24, 2.45) is 0 Å². The molecular formula is C11H11F4NO4S. The summed E-state index contributed by atoms with van der Waals surface area (Å²) in [6.45, 7) is -0.477. The summed E-state index contributed by atoms with van der Waals surface area (Å²) in [6, 6.07) is 3.06. The number of sulfonamides is 1. The molecule has 0 aromatic heterocycles. The molecule has 1 aromatic rings. The van der Waals surface area contributed by atoms with Gasteiger partial charge in [0, 0.05) is 0 Å². The molecule has 0 aliphatic rings. The van der Waals surface area contributed by atoms with Crippen molar-refractivity contribution in [2.75, 3.05) is 6.54 Å². The summed E-state index contributed by atoms with van der Waals surface area (Å²) in [5.74, 6) is -5.94. The molecule has 0 radical (unpaired) electrons. The third kappa shape index (κ3) is 4.14. The van der Waals surface area contributed by atoms with Crippen LogP contribution in [0.1, 0.15) is 15.9 Å². The summed E-state index contributed by atoms with van der Waals surface area (Å²) in [5.41, 5.74) is -0.283. The summed E-state index contributed by atoms with van der Waals surface area (Å²) in [7, 11) is -4.54. The first-order chi connectivity index (χ1) is 9.47. The highest BCUT2D eigenvalue weighted by Gasteiger charge is 2.41. The molecule has 0 aliphatic carbocycles. The van der Waals surface area contributed by atoms with E-state index in [9.17, 15) is 30.8 Å². The van der Waals surface area contributed by atoms with Gasteiger partial charge < -0.3 is 5.11 Å². The number of alkyl halides is 4. The molecule has 0 unspecified atom stereocenters. The van der Waals surface area contributed by atoms with Crippen molar-refractivity contribution in [3.05, 3.63) is 29.3 Å². The van der Waals surface area contributed by atoms with Crippen LogP contribution < -0.4 is 4.72 Å². The summed E-state index contributed by atoms with van der Waals surface area (Å²) in [4.78, 5) is 10.2. The van der Waals surface area contributed by atoms with E-state index in [4.69, 9.17) is 5.11 Å². The Morgan fingerprint density at radius 2 is 1.95 bits per heavy atom. The Hall–Kier alpha value is -1.68. The summed E-state index contributed by atoms with van der Waals surface area (Å²) >= 11 is 0. The van der Waals surface area contributed by atoms with E-state index in [1.54, 1.807) is 0 Å². The lowest BCUT2D eigenvalue weighted by molar-refractivity contribution is -0.122. The number of carbonyl (C=O) groups is 1. The van der Waals surface area contributed by atoms with Crippen LogP contribution in [0.4, 0.5) is 17.6 Å². The molecule has 1 rings (SSSR count). The average Bonchev–Trinajstić information content (AvgIpc) is 2.36. The molecule has 0 amide bonds. The minimum atomic E-state index is -4.54. The van der Waals surface area contributed by atoms with Gasteiger partial charge in [-0.05, 0) is 24.6 Å². The third-order valence-electron chi connectivity index (χ3n) is 2.54. The second-order valence-electron chi connectivity index (χ2n) is 4.17. The number of hydrogen-bond donors (Lipinski definition) is 2. The highest BCUT2D eigenvalue weighted by molar-refractivity contribution is 7.89. The van der Waals surface area contributed by atoms with Crippen LogP contribution in [0.15, 0.2) is 23.1 Å². The fourth-order valence-corrected chi connectivity index (χ4v) is 2.68. The lowest BCUT2D eigenvalue weighted by Crippen LogP contribution is -2.41. The van der Waals surface area contributed by atoms with Crippen molar-refractivity contribution >= 4 is 16.0 Å². The van der Waals surface area contributed by atoms with Crippen molar-refractivity contribution in [1.29, 1.82) is 0 Å². The molecule has 0 spiro atoms. The third-order valence-corrected chi connectivity index (χ3v) is 4.08. The number of aryl methyl sites for hydroxylation is 1. The lowest BCUT2D eigenvalue weighted by atomic mass is 10.1. The second-order valence-corrected chi connectivity index (χ2v) is 5.91. The zero-order valence-corrected chi connectivity index (χ0v) is 11.4. The molecule has 0 saturated heterocycles. The van der Waals surface area contributed by atoms with Crippen molar-refractivity contribution in [2.45, 2.75) is 24.2 Å². The molecule has 10 heteroatoms. The maximum atomic E-state index is 12.7. The largest absolute Gasteiger partial charge is 0.478 e. The summed E-state index contributed by atoms with van der Waals surface area (Å²) in [5, 5.41) is 8.76. The van der Waals surface area contributed by atoms with E-state index in [2.05, 4.69) is 0 Å². The quantitative estimate of drug-likeness (QED) is 0.781. The topological polar surface area (TPSA) is 83.5 Å². The fraction of sp³-hybridized carbons (Fsp3) is 0.364. The van der Waals surface area contributed by atoms with Gasteiger partial charge in [0.05, 0.1) is 17.0 Å². The Bertz CT molecular complexity index is 646. The Morgan fingerprint density at radius 3 is 2.43 bits per heavy atom. The Balaban J connectivity index is 3.09. The van der Waals surface area contributed by atoms with Gasteiger partial charge in [-0.15, -0.1) is 0 Å². The molecule has 0 aliphatic heterocycles. The van der Waals surface area contributed by atoms with E-state index in [1.165, 1.54) is 17.7 Å². The number of aromatic carboxylic acids is 1. The number of benzene rings is 1. The monoisotopic (exact) mass is 329 g/mol. The van der Waals surface area contributed by atoms with Crippen LogP contribution in [-0.2, 0) is 10.0 Å². The molecule has 0 fully saturated rings. The number of carboxylic acids is 1. The highest BCUT2D eigenvalue weighted by atomic mass is 32.2. The van der Waals surface area contributed by atoms with E-state index < -0.39 is 39.8 Å². The van der Waals surface area contributed by atoms with Crippen molar-refractivity contribution in [3.8, 4) is 0 Å². The molecule has 0 heterocycles. The fourth-order valence-electron chi connectivity index (χ4n) is 1.37. The SMILES string of the molecule is Cc1ccc(C(=O)O)cc1S(=O)(=O)NCC(F)(F)C(F)F. The van der Waals surface area contributed by atoms with Gasteiger partial charge >= 0.3 is 18.3 Å². The van der Waals surface area contributed by atoms with Gasteiger partial charge in [0.2, 0.25) is 10.0 Å². The highest BCUT2D eigenvalue weighted by Crippen LogP contribution is 2.23. The van der Waals surface area contributed by atoms with Gasteiger partial charge in [-0.25, -0.2) is 26.7 Å². The van der Waals surface area contributed by atoms with E-state index >= 15 is 0 Å². The van der Waals surface area contributed by atoms with Crippen molar-refractivity contribution in [1.82, 2.24) is 4.72 Å². The van der Waals surface area contributed by atoms with Crippen LogP contribution in [0.25, 0.3) is 0 Å². The molecular weight excluding hydrogens is 318 g/mol. The smallest absolute Gasteiger partial charge is 0.335 e. The number of hydrogen-bond acceptors (Lipinski definition) is 3. The average molecular weight is 329 g/mol. The summed E-state index contributed by atoms with van der Waals surface area (Å²) in [6.07, 6.45) is -4.02. The normalized spacial score (nSPS) is 12.7. The maximum Gasteiger partial charge on any atom is 0.335 e. The lowest BCUT2D eigenvalue weighted by Gasteiger charge is -2.16. The summed E-state index contributed by atoms with van der Waals surface area (Å²) < 4.78 is 74.4. The van der Waals surface area contributed by atoms with Crippen LogP contribution in [0.2, 0.25) is 0 Å². The number of carboxylic acid groups (broad SMARTS) is 1. The number of rotatable bonds is 6. The van der Waals surface area contributed by atoms with Gasteiger partial charge in [0.1, 0.15) is 0 Å². The van der Waals surface area contributed by atoms with Gasteiger partial charge in [0.15, 0.2) is 0 Å². The zero-order valence-electron chi connectivity index (χ0n) is 10.6. The Kier molecular flexibility index (Phi) is 4.95. The minimum Gasteiger partial charge on any atom is -0.478 e. The molecule has 0 atom stereocenters. The van der Waals surface area contributed by atoms with Gasteiger partial charge in [-0.2, -0.15) is 8.78 Å². The van der Waals surface area contributed by atoms with Crippen molar-refractivity contribution < 1.29 is 35.9 Å². The zero-order chi connectivity index (χ0) is 16.4. The van der Waals surface area contributed by atoms with Crippen LogP contribution in [0, 0.1) is 6.92 Å². The van der Waals surface area contributed by atoms with Crippen molar-refractivity contribution in [3.63, 3.8) is 0 Å². The minimum absolute atomic E-state index is 0.0906. The number of halogens is 4. The molecule has 0 saturated carbocycles. The van der Waals surface area contributed by atoms with Gasteiger partial charge in [0.25, 0.3) is 0 Å². The number of nitrogens with one attached hydrogen (secondary N) is 1. The second kappa shape index (κ2) is 5.98. The van der Waals surface area contributed by atoms with Crippen LogP contribution in [-0.4, -0.2) is 38.4 Å².